The number of hydrogen-bond acceptors (Lipinski definition) is 3. The van der Waals surface area contributed by atoms with Gasteiger partial charge in [-0.15, -0.1) is 0 Å². The fourth-order valence-electron chi connectivity index (χ4n) is 1.76. The van der Waals surface area contributed by atoms with Gasteiger partial charge in [-0.1, -0.05) is 6.08 Å². The first-order chi connectivity index (χ1) is 7.65. The Kier molecular flexibility index (Phi) is 2.58. The molecule has 0 amide bonds. The molecule has 0 atom stereocenters. The number of ketones is 2. The van der Waals surface area contributed by atoms with Crippen LogP contribution in [-0.4, -0.2) is 27.8 Å². The van der Waals surface area contributed by atoms with E-state index in [2.05, 4.69) is 0 Å². The van der Waals surface area contributed by atoms with Crippen molar-refractivity contribution < 1.29 is 14.7 Å². The third-order valence-corrected chi connectivity index (χ3v) is 2.55. The number of rotatable bonds is 2. The van der Waals surface area contributed by atoms with Crippen LogP contribution in [0.25, 0.3) is 6.08 Å². The SMILES string of the molecule is Cn1c(C=CCO)cc2c1C(=O)C=CC2=O. The summed E-state index contributed by atoms with van der Waals surface area (Å²) in [6.07, 6.45) is 5.80. The Balaban J connectivity index is 2.56. The van der Waals surface area contributed by atoms with E-state index in [0.29, 0.717) is 11.3 Å². The van der Waals surface area contributed by atoms with Crippen LogP contribution in [0, 0.1) is 0 Å². The van der Waals surface area contributed by atoms with Crippen LogP contribution in [0.15, 0.2) is 24.3 Å². The molecule has 0 saturated carbocycles. The minimum absolute atomic E-state index is 0.0734. The van der Waals surface area contributed by atoms with Gasteiger partial charge in [0, 0.05) is 12.7 Å². The number of aliphatic hydroxyl groups is 1. The maximum atomic E-state index is 11.6. The topological polar surface area (TPSA) is 59.3 Å². The fourth-order valence-corrected chi connectivity index (χ4v) is 1.76. The van der Waals surface area contributed by atoms with E-state index < -0.39 is 0 Å². The molecule has 0 fully saturated rings. The Morgan fingerprint density at radius 3 is 2.62 bits per heavy atom. The van der Waals surface area contributed by atoms with Crippen LogP contribution in [0.2, 0.25) is 0 Å². The van der Waals surface area contributed by atoms with E-state index in [1.165, 1.54) is 12.2 Å². The van der Waals surface area contributed by atoms with Crippen molar-refractivity contribution in [1.82, 2.24) is 4.57 Å². The molecule has 1 heterocycles. The summed E-state index contributed by atoms with van der Waals surface area (Å²) in [5.74, 6) is -0.324. The Labute approximate surface area is 92.5 Å². The van der Waals surface area contributed by atoms with Crippen LogP contribution in [0.3, 0.4) is 0 Å². The molecule has 1 aromatic heterocycles. The zero-order valence-electron chi connectivity index (χ0n) is 8.80. The molecule has 82 valence electrons. The average Bonchev–Trinajstić information content (AvgIpc) is 2.60. The maximum absolute atomic E-state index is 11.6. The molecule has 0 unspecified atom stereocenters. The summed E-state index contributed by atoms with van der Waals surface area (Å²) in [5, 5.41) is 8.68. The number of carbonyl (C=O) groups is 2. The zero-order chi connectivity index (χ0) is 11.7. The molecule has 0 spiro atoms. The van der Waals surface area contributed by atoms with E-state index in [1.807, 2.05) is 0 Å². The quantitative estimate of drug-likeness (QED) is 0.802. The summed E-state index contributed by atoms with van der Waals surface area (Å²) in [4.78, 5) is 23.2. The number of carbonyl (C=O) groups excluding carboxylic acids is 2. The van der Waals surface area contributed by atoms with Crippen LogP contribution in [0.1, 0.15) is 26.5 Å². The van der Waals surface area contributed by atoms with E-state index in [4.69, 9.17) is 5.11 Å². The van der Waals surface area contributed by atoms with Crippen molar-refractivity contribution in [3.63, 3.8) is 0 Å². The van der Waals surface area contributed by atoms with Gasteiger partial charge in [-0.25, -0.2) is 0 Å². The van der Waals surface area contributed by atoms with Gasteiger partial charge in [0.05, 0.1) is 12.2 Å². The molecule has 0 radical (unpaired) electrons. The van der Waals surface area contributed by atoms with E-state index in [0.717, 1.165) is 5.69 Å². The minimum atomic E-state index is -0.166. The summed E-state index contributed by atoms with van der Waals surface area (Å²) in [5.41, 5.74) is 1.56. The lowest BCUT2D eigenvalue weighted by atomic mass is 10.0. The molecule has 1 aromatic rings. The number of fused-ring (bicyclic) bond motifs is 1. The van der Waals surface area contributed by atoms with Crippen molar-refractivity contribution in [3.05, 3.63) is 41.2 Å². The second kappa shape index (κ2) is 3.90. The molecule has 1 N–H and O–H groups in total. The number of aromatic nitrogens is 1. The van der Waals surface area contributed by atoms with Gasteiger partial charge in [-0.2, -0.15) is 0 Å². The third-order valence-electron chi connectivity index (χ3n) is 2.55. The lowest BCUT2D eigenvalue weighted by Gasteiger charge is -2.06. The Morgan fingerprint density at radius 2 is 2.00 bits per heavy atom. The molecule has 1 aliphatic carbocycles. The number of allylic oxidation sites excluding steroid dienone is 2. The van der Waals surface area contributed by atoms with Gasteiger partial charge in [0.25, 0.3) is 0 Å². The number of hydrogen-bond donors (Lipinski definition) is 1. The summed E-state index contributed by atoms with van der Waals surface area (Å²) >= 11 is 0. The molecule has 0 aromatic carbocycles. The van der Waals surface area contributed by atoms with E-state index in [9.17, 15) is 9.59 Å². The highest BCUT2D eigenvalue weighted by molar-refractivity contribution is 6.21. The molecular formula is C12H11NO3. The number of aliphatic hydroxyl groups excluding tert-OH is 1. The molecule has 4 heteroatoms. The van der Waals surface area contributed by atoms with Gasteiger partial charge in [0.1, 0.15) is 5.69 Å². The molecule has 4 nitrogen and oxygen atoms in total. The highest BCUT2D eigenvalue weighted by Gasteiger charge is 2.23. The third kappa shape index (κ3) is 1.53. The predicted octanol–water partition coefficient (Wildman–Crippen LogP) is 0.966. The fraction of sp³-hybridized carbons (Fsp3) is 0.167. The second-order valence-corrected chi connectivity index (χ2v) is 3.54. The summed E-state index contributed by atoms with van der Waals surface area (Å²) in [7, 11) is 1.72. The standard InChI is InChI=1S/C12H11NO3/c1-13-8(3-2-6-14)7-9-10(15)4-5-11(16)12(9)13/h2-5,7,14H,6H2,1H3. The molecule has 0 bridgehead atoms. The molecule has 1 aliphatic rings. The van der Waals surface area contributed by atoms with Crippen molar-refractivity contribution in [2.75, 3.05) is 6.61 Å². The van der Waals surface area contributed by atoms with Gasteiger partial charge < -0.3 is 9.67 Å². The van der Waals surface area contributed by atoms with Crippen LogP contribution in [0.5, 0.6) is 0 Å². The Hall–Kier alpha value is -1.94. The largest absolute Gasteiger partial charge is 0.392 e. The molecule has 2 rings (SSSR count). The molecular weight excluding hydrogens is 206 g/mol. The molecule has 0 aliphatic heterocycles. The first-order valence-electron chi connectivity index (χ1n) is 4.89. The van der Waals surface area contributed by atoms with E-state index in [1.54, 1.807) is 29.8 Å². The van der Waals surface area contributed by atoms with E-state index >= 15 is 0 Å². The first-order valence-corrected chi connectivity index (χ1v) is 4.89. The van der Waals surface area contributed by atoms with Crippen molar-refractivity contribution in [3.8, 4) is 0 Å². The van der Waals surface area contributed by atoms with Gasteiger partial charge in [0.15, 0.2) is 5.78 Å². The van der Waals surface area contributed by atoms with Crippen LogP contribution in [-0.2, 0) is 7.05 Å². The van der Waals surface area contributed by atoms with Crippen LogP contribution in [0.4, 0.5) is 0 Å². The molecule has 16 heavy (non-hydrogen) atoms. The predicted molar refractivity (Wildman–Crippen MR) is 59.3 cm³/mol. The summed E-state index contributed by atoms with van der Waals surface area (Å²) < 4.78 is 1.66. The summed E-state index contributed by atoms with van der Waals surface area (Å²) in [6.45, 7) is -0.0734. The van der Waals surface area contributed by atoms with Crippen molar-refractivity contribution >= 4 is 17.6 Å². The van der Waals surface area contributed by atoms with Gasteiger partial charge in [0.2, 0.25) is 5.78 Å². The minimum Gasteiger partial charge on any atom is -0.392 e. The first kappa shape index (κ1) is 10.6. The highest BCUT2D eigenvalue weighted by atomic mass is 16.2. The van der Waals surface area contributed by atoms with Crippen molar-refractivity contribution in [1.29, 1.82) is 0 Å². The monoisotopic (exact) mass is 217 g/mol. The smallest absolute Gasteiger partial charge is 0.203 e. The normalized spacial score (nSPS) is 14.9. The second-order valence-electron chi connectivity index (χ2n) is 3.54. The molecule has 0 saturated heterocycles. The van der Waals surface area contributed by atoms with Crippen molar-refractivity contribution in [2.45, 2.75) is 0 Å². The lowest BCUT2D eigenvalue weighted by molar-refractivity contribution is 0.0989. The summed E-state index contributed by atoms with van der Waals surface area (Å²) in [6, 6.07) is 1.66. The van der Waals surface area contributed by atoms with Gasteiger partial charge in [-0.3, -0.25) is 9.59 Å². The maximum Gasteiger partial charge on any atom is 0.203 e. The zero-order valence-corrected chi connectivity index (χ0v) is 8.80. The van der Waals surface area contributed by atoms with Crippen LogP contribution >= 0.6 is 0 Å². The van der Waals surface area contributed by atoms with Gasteiger partial charge >= 0.3 is 0 Å². The van der Waals surface area contributed by atoms with E-state index in [-0.39, 0.29) is 18.2 Å². The Bertz CT molecular complexity index is 521. The number of nitrogens with zero attached hydrogens (tertiary/aromatic N) is 1. The van der Waals surface area contributed by atoms with Crippen molar-refractivity contribution in [2.24, 2.45) is 7.05 Å². The Morgan fingerprint density at radius 1 is 1.31 bits per heavy atom. The van der Waals surface area contributed by atoms with Crippen LogP contribution < -0.4 is 0 Å². The lowest BCUT2D eigenvalue weighted by Crippen LogP contribution is -2.13. The highest BCUT2D eigenvalue weighted by Crippen LogP contribution is 2.21. The average molecular weight is 217 g/mol. The van der Waals surface area contributed by atoms with Gasteiger partial charge in [-0.05, 0) is 24.3 Å².